The lowest BCUT2D eigenvalue weighted by molar-refractivity contribution is -0.117. The second-order valence-electron chi connectivity index (χ2n) is 7.47. The summed E-state index contributed by atoms with van der Waals surface area (Å²) in [7, 11) is 0. The number of amides is 3. The molecule has 0 aliphatic heterocycles. The summed E-state index contributed by atoms with van der Waals surface area (Å²) in [6.07, 6.45) is 6.95. The quantitative estimate of drug-likeness (QED) is 0.373. The molecule has 30 heavy (non-hydrogen) atoms. The molecular formula is C21H27ClN4O3S. The topological polar surface area (TPSA) is 93.1 Å². The van der Waals surface area contributed by atoms with Crippen molar-refractivity contribution in [1.82, 2.24) is 20.2 Å². The average Bonchev–Trinajstić information content (AvgIpc) is 2.73. The molecule has 0 saturated heterocycles. The van der Waals surface area contributed by atoms with E-state index in [2.05, 4.69) is 15.6 Å². The highest BCUT2D eigenvalue weighted by molar-refractivity contribution is 7.99. The molecule has 3 amide bonds. The van der Waals surface area contributed by atoms with Crippen LogP contribution in [0, 0.1) is 0 Å². The van der Waals surface area contributed by atoms with Gasteiger partial charge >= 0.3 is 6.03 Å². The predicted octanol–water partition coefficient (Wildman–Crippen LogP) is 4.27. The van der Waals surface area contributed by atoms with Gasteiger partial charge in [-0.3, -0.25) is 19.5 Å². The third-order valence-electron chi connectivity index (χ3n) is 5.17. The fraction of sp³-hybridized carbons (Fsp3) is 0.524. The van der Waals surface area contributed by atoms with E-state index in [1.807, 2.05) is 6.92 Å². The van der Waals surface area contributed by atoms with Crippen LogP contribution in [0.5, 0.6) is 0 Å². The Balaban J connectivity index is 1.80. The van der Waals surface area contributed by atoms with Gasteiger partial charge in [-0.25, -0.2) is 9.78 Å². The van der Waals surface area contributed by atoms with Crippen LogP contribution in [0.4, 0.5) is 4.79 Å². The molecule has 0 unspecified atom stereocenters. The second kappa shape index (κ2) is 10.8. The number of carbonyl (C=O) groups is 2. The molecule has 1 aliphatic carbocycles. The Morgan fingerprint density at radius 3 is 2.77 bits per heavy atom. The summed E-state index contributed by atoms with van der Waals surface area (Å²) >= 11 is 7.26. The standard InChI is InChI=1S/C21H27ClN4O3S/c1-2-3-11-23-20(29)25-18(27)13-30-21-24-17-12-14(22)9-10-16(17)19(28)26(21)15-7-5-4-6-8-15/h9-10,12,15H,2-8,11,13H2,1H3,(H2,23,25,27,29). The molecule has 3 rings (SSSR count). The van der Waals surface area contributed by atoms with Gasteiger partial charge in [-0.15, -0.1) is 0 Å². The summed E-state index contributed by atoms with van der Waals surface area (Å²) in [5, 5.41) is 6.49. The molecule has 0 radical (unpaired) electrons. The van der Waals surface area contributed by atoms with E-state index in [-0.39, 0.29) is 17.4 Å². The number of thioether (sulfide) groups is 1. The first-order valence-electron chi connectivity index (χ1n) is 10.4. The molecule has 1 saturated carbocycles. The van der Waals surface area contributed by atoms with Crippen LogP contribution < -0.4 is 16.2 Å². The summed E-state index contributed by atoms with van der Waals surface area (Å²) in [5.41, 5.74) is 0.406. The van der Waals surface area contributed by atoms with E-state index >= 15 is 0 Å². The van der Waals surface area contributed by atoms with Crippen molar-refractivity contribution in [1.29, 1.82) is 0 Å². The van der Waals surface area contributed by atoms with Crippen LogP contribution in [0.15, 0.2) is 28.2 Å². The lowest BCUT2D eigenvalue weighted by atomic mass is 9.95. The molecule has 1 heterocycles. The molecule has 0 atom stereocenters. The fourth-order valence-corrected chi connectivity index (χ4v) is 4.66. The Kier molecular flexibility index (Phi) is 8.16. The first-order chi connectivity index (χ1) is 14.5. The molecule has 162 valence electrons. The fourth-order valence-electron chi connectivity index (χ4n) is 3.63. The van der Waals surface area contributed by atoms with Crippen molar-refractivity contribution < 1.29 is 9.59 Å². The summed E-state index contributed by atoms with van der Waals surface area (Å²) in [6.45, 7) is 2.55. The maximum atomic E-state index is 13.2. The SMILES string of the molecule is CCCCNC(=O)NC(=O)CSc1nc2cc(Cl)ccc2c(=O)n1C1CCCCC1. The van der Waals surface area contributed by atoms with Crippen molar-refractivity contribution in [3.05, 3.63) is 33.6 Å². The van der Waals surface area contributed by atoms with E-state index in [0.29, 0.717) is 27.6 Å². The number of imide groups is 1. The van der Waals surface area contributed by atoms with Crippen molar-refractivity contribution in [3.63, 3.8) is 0 Å². The number of hydrogen-bond donors (Lipinski definition) is 2. The van der Waals surface area contributed by atoms with Gasteiger partial charge < -0.3 is 5.32 Å². The number of nitrogens with one attached hydrogen (secondary N) is 2. The molecule has 0 spiro atoms. The number of rotatable bonds is 7. The van der Waals surface area contributed by atoms with E-state index < -0.39 is 11.9 Å². The van der Waals surface area contributed by atoms with Crippen LogP contribution in [0.25, 0.3) is 10.9 Å². The van der Waals surface area contributed by atoms with Crippen molar-refractivity contribution >= 4 is 46.2 Å². The lowest BCUT2D eigenvalue weighted by Gasteiger charge is -2.26. The average molecular weight is 451 g/mol. The number of aromatic nitrogens is 2. The first kappa shape index (κ1) is 22.6. The molecule has 1 fully saturated rings. The minimum Gasteiger partial charge on any atom is -0.338 e. The number of urea groups is 1. The molecule has 0 bridgehead atoms. The van der Waals surface area contributed by atoms with Crippen LogP contribution in [0.3, 0.4) is 0 Å². The lowest BCUT2D eigenvalue weighted by Crippen LogP contribution is -2.40. The van der Waals surface area contributed by atoms with Crippen LogP contribution in [-0.2, 0) is 4.79 Å². The highest BCUT2D eigenvalue weighted by atomic mass is 35.5. The number of nitrogens with zero attached hydrogens (tertiary/aromatic N) is 2. The summed E-state index contributed by atoms with van der Waals surface area (Å²) < 4.78 is 1.73. The minimum absolute atomic E-state index is 0.00751. The van der Waals surface area contributed by atoms with Crippen LogP contribution in [0.1, 0.15) is 57.9 Å². The van der Waals surface area contributed by atoms with Crippen LogP contribution >= 0.6 is 23.4 Å². The highest BCUT2D eigenvalue weighted by Crippen LogP contribution is 2.31. The maximum Gasteiger partial charge on any atom is 0.321 e. The first-order valence-corrected chi connectivity index (χ1v) is 11.8. The normalized spacial score (nSPS) is 14.6. The molecule has 1 aromatic carbocycles. The van der Waals surface area contributed by atoms with Crippen molar-refractivity contribution in [3.8, 4) is 0 Å². The van der Waals surface area contributed by atoms with E-state index in [4.69, 9.17) is 11.6 Å². The van der Waals surface area contributed by atoms with E-state index in [1.165, 1.54) is 18.2 Å². The van der Waals surface area contributed by atoms with Gasteiger partial charge in [-0.2, -0.15) is 0 Å². The van der Waals surface area contributed by atoms with Gasteiger partial charge in [0, 0.05) is 17.6 Å². The molecular weight excluding hydrogens is 424 g/mol. The summed E-state index contributed by atoms with van der Waals surface area (Å²) in [4.78, 5) is 41.9. The van der Waals surface area contributed by atoms with Crippen molar-refractivity contribution in [2.24, 2.45) is 0 Å². The van der Waals surface area contributed by atoms with E-state index in [1.54, 1.807) is 22.8 Å². The van der Waals surface area contributed by atoms with Gasteiger partial charge in [0.25, 0.3) is 5.56 Å². The number of benzene rings is 1. The Morgan fingerprint density at radius 2 is 2.03 bits per heavy atom. The summed E-state index contributed by atoms with van der Waals surface area (Å²) in [5.74, 6) is -0.434. The van der Waals surface area contributed by atoms with Gasteiger partial charge in [-0.1, -0.05) is 56.0 Å². The zero-order valence-electron chi connectivity index (χ0n) is 17.1. The molecule has 2 N–H and O–H groups in total. The van der Waals surface area contributed by atoms with Crippen molar-refractivity contribution in [2.75, 3.05) is 12.3 Å². The third-order valence-corrected chi connectivity index (χ3v) is 6.36. The molecule has 7 nitrogen and oxygen atoms in total. The minimum atomic E-state index is -0.503. The van der Waals surface area contributed by atoms with E-state index in [9.17, 15) is 14.4 Å². The zero-order valence-corrected chi connectivity index (χ0v) is 18.7. The summed E-state index contributed by atoms with van der Waals surface area (Å²) in [6, 6.07) is 4.62. The Bertz CT molecular complexity index is 973. The maximum absolute atomic E-state index is 13.2. The smallest absolute Gasteiger partial charge is 0.321 e. The van der Waals surface area contributed by atoms with E-state index in [0.717, 1.165) is 38.5 Å². The van der Waals surface area contributed by atoms with Gasteiger partial charge in [0.1, 0.15) is 0 Å². The number of fused-ring (bicyclic) bond motifs is 1. The van der Waals surface area contributed by atoms with Crippen molar-refractivity contribution in [2.45, 2.75) is 63.1 Å². The number of hydrogen-bond acceptors (Lipinski definition) is 5. The molecule has 2 aromatic rings. The van der Waals surface area contributed by atoms with Gasteiger partial charge in [0.2, 0.25) is 5.91 Å². The Labute approximate surface area is 185 Å². The number of carbonyl (C=O) groups excluding carboxylic acids is 2. The second-order valence-corrected chi connectivity index (χ2v) is 8.85. The predicted molar refractivity (Wildman–Crippen MR) is 120 cm³/mol. The highest BCUT2D eigenvalue weighted by Gasteiger charge is 2.22. The third kappa shape index (κ3) is 5.76. The van der Waals surface area contributed by atoms with Crippen LogP contribution in [0.2, 0.25) is 5.02 Å². The largest absolute Gasteiger partial charge is 0.338 e. The molecule has 1 aliphatic rings. The van der Waals surface area contributed by atoms with Crippen LogP contribution in [-0.4, -0.2) is 33.8 Å². The monoisotopic (exact) mass is 450 g/mol. The van der Waals surface area contributed by atoms with Gasteiger partial charge in [0.15, 0.2) is 5.16 Å². The molecule has 9 heteroatoms. The number of unbranched alkanes of at least 4 members (excludes halogenated alkanes) is 1. The van der Waals surface area contributed by atoms with Gasteiger partial charge in [-0.05, 0) is 37.5 Å². The van der Waals surface area contributed by atoms with Gasteiger partial charge in [0.05, 0.1) is 16.7 Å². The molecule has 1 aromatic heterocycles. The Hall–Kier alpha value is -2.06. The number of halogens is 1. The Morgan fingerprint density at radius 1 is 1.27 bits per heavy atom. The zero-order chi connectivity index (χ0) is 21.5.